The summed E-state index contributed by atoms with van der Waals surface area (Å²) in [5, 5.41) is 3.39. The van der Waals surface area contributed by atoms with Crippen LogP contribution in [-0.4, -0.2) is 13.1 Å². The second-order valence-corrected chi connectivity index (χ2v) is 6.16. The number of halogens is 3. The van der Waals surface area contributed by atoms with Gasteiger partial charge in [0.15, 0.2) is 0 Å². The number of hydrogen-bond acceptors (Lipinski definition) is 1. The van der Waals surface area contributed by atoms with Crippen LogP contribution < -0.4 is 5.32 Å². The van der Waals surface area contributed by atoms with Crippen LogP contribution in [0.4, 0.5) is 4.39 Å². The minimum absolute atomic E-state index is 0. The maximum Gasteiger partial charge on any atom is 0.123 e. The Bertz CT molecular complexity index is 594. The molecule has 0 aromatic heterocycles. The maximum atomic E-state index is 13.2. The molecule has 4 heteroatoms. The Labute approximate surface area is 145 Å². The molecule has 1 fully saturated rings. The summed E-state index contributed by atoms with van der Waals surface area (Å²) in [5.41, 5.74) is 4.99. The summed E-state index contributed by atoms with van der Waals surface area (Å²) >= 11 is 3.48. The van der Waals surface area contributed by atoms with Crippen LogP contribution in [0.2, 0.25) is 0 Å². The van der Waals surface area contributed by atoms with Crippen molar-refractivity contribution < 1.29 is 4.39 Å². The van der Waals surface area contributed by atoms with Gasteiger partial charge < -0.3 is 5.32 Å². The molecule has 0 atom stereocenters. The smallest absolute Gasteiger partial charge is 0.123 e. The van der Waals surface area contributed by atoms with Gasteiger partial charge in [0.1, 0.15) is 5.82 Å². The van der Waals surface area contributed by atoms with Crippen molar-refractivity contribution in [3.05, 3.63) is 75.5 Å². The van der Waals surface area contributed by atoms with Gasteiger partial charge in [-0.1, -0.05) is 45.8 Å². The van der Waals surface area contributed by atoms with Crippen LogP contribution in [0, 0.1) is 5.82 Å². The van der Waals surface area contributed by atoms with Crippen LogP contribution in [0.1, 0.15) is 24.0 Å². The van der Waals surface area contributed by atoms with Gasteiger partial charge in [0.05, 0.1) is 0 Å². The topological polar surface area (TPSA) is 12.0 Å². The average molecular weight is 383 g/mol. The minimum Gasteiger partial charge on any atom is -0.316 e. The summed E-state index contributed by atoms with van der Waals surface area (Å²) in [5.74, 6) is -0.191. The first-order chi connectivity index (χ1) is 10.2. The summed E-state index contributed by atoms with van der Waals surface area (Å²) in [6.07, 6.45) is 2.09. The molecule has 1 saturated heterocycles. The number of piperidine rings is 1. The number of benzene rings is 2. The van der Waals surface area contributed by atoms with Gasteiger partial charge in [-0.25, -0.2) is 4.39 Å². The van der Waals surface area contributed by atoms with E-state index in [4.69, 9.17) is 0 Å². The van der Waals surface area contributed by atoms with Gasteiger partial charge in [0, 0.05) is 4.47 Å². The Balaban J connectivity index is 0.00000176. The third kappa shape index (κ3) is 3.97. The normalized spacial score (nSPS) is 14.4. The van der Waals surface area contributed by atoms with Gasteiger partial charge in [-0.15, -0.1) is 12.4 Å². The third-order valence-electron chi connectivity index (χ3n) is 3.83. The number of hydrogen-bond donors (Lipinski definition) is 1. The monoisotopic (exact) mass is 381 g/mol. The third-order valence-corrected chi connectivity index (χ3v) is 4.36. The van der Waals surface area contributed by atoms with Crippen molar-refractivity contribution >= 4 is 33.9 Å². The van der Waals surface area contributed by atoms with E-state index in [1.54, 1.807) is 0 Å². The van der Waals surface area contributed by atoms with Gasteiger partial charge in [-0.3, -0.25) is 0 Å². The Morgan fingerprint density at radius 1 is 0.864 bits per heavy atom. The van der Waals surface area contributed by atoms with E-state index in [0.717, 1.165) is 36.0 Å². The Morgan fingerprint density at radius 2 is 1.36 bits per heavy atom. The molecule has 1 nitrogen and oxygen atoms in total. The van der Waals surface area contributed by atoms with E-state index in [1.165, 1.54) is 28.8 Å². The highest BCUT2D eigenvalue weighted by atomic mass is 79.9. The zero-order chi connectivity index (χ0) is 14.7. The molecule has 0 spiro atoms. The molecule has 0 saturated carbocycles. The van der Waals surface area contributed by atoms with E-state index in [9.17, 15) is 4.39 Å². The van der Waals surface area contributed by atoms with E-state index in [-0.39, 0.29) is 18.2 Å². The molecule has 0 aliphatic carbocycles. The van der Waals surface area contributed by atoms with Gasteiger partial charge in [-0.2, -0.15) is 0 Å². The minimum atomic E-state index is -0.191. The second-order valence-electron chi connectivity index (χ2n) is 5.24. The number of rotatable bonds is 2. The van der Waals surface area contributed by atoms with Crippen LogP contribution in [0.25, 0.3) is 5.57 Å². The lowest BCUT2D eigenvalue weighted by molar-refractivity contribution is 0.611. The highest BCUT2D eigenvalue weighted by Gasteiger charge is 2.14. The SMILES string of the molecule is Cl.Fc1ccc(C(=C2CCNCC2)c2ccc(Br)cc2)cc1. The van der Waals surface area contributed by atoms with Crippen LogP contribution in [0.5, 0.6) is 0 Å². The molecule has 116 valence electrons. The van der Waals surface area contributed by atoms with Crippen LogP contribution in [0.3, 0.4) is 0 Å². The molecule has 0 radical (unpaired) electrons. The van der Waals surface area contributed by atoms with Gasteiger partial charge in [-0.05, 0) is 66.9 Å². The van der Waals surface area contributed by atoms with E-state index in [1.807, 2.05) is 12.1 Å². The molecule has 2 aromatic carbocycles. The molecule has 3 rings (SSSR count). The summed E-state index contributed by atoms with van der Waals surface area (Å²) < 4.78 is 14.3. The van der Waals surface area contributed by atoms with Gasteiger partial charge >= 0.3 is 0 Å². The lowest BCUT2D eigenvalue weighted by Crippen LogP contribution is -2.23. The first-order valence-electron chi connectivity index (χ1n) is 7.18. The molecule has 1 N–H and O–H groups in total. The van der Waals surface area contributed by atoms with Crippen molar-refractivity contribution in [3.63, 3.8) is 0 Å². The zero-order valence-electron chi connectivity index (χ0n) is 12.1. The van der Waals surface area contributed by atoms with Crippen molar-refractivity contribution in [3.8, 4) is 0 Å². The number of nitrogens with one attached hydrogen (secondary N) is 1. The largest absolute Gasteiger partial charge is 0.316 e. The zero-order valence-corrected chi connectivity index (χ0v) is 14.5. The predicted octanol–water partition coefficient (Wildman–Crippen LogP) is 5.20. The molecule has 0 unspecified atom stereocenters. The first kappa shape index (κ1) is 17.2. The van der Waals surface area contributed by atoms with Gasteiger partial charge in [0.25, 0.3) is 0 Å². The van der Waals surface area contributed by atoms with Crippen molar-refractivity contribution in [2.24, 2.45) is 0 Å². The maximum absolute atomic E-state index is 13.2. The lowest BCUT2D eigenvalue weighted by atomic mass is 9.89. The molecule has 1 aliphatic heterocycles. The van der Waals surface area contributed by atoms with Crippen LogP contribution in [0.15, 0.2) is 58.6 Å². The van der Waals surface area contributed by atoms with E-state index in [0.29, 0.717) is 0 Å². The molecule has 1 heterocycles. The molecule has 22 heavy (non-hydrogen) atoms. The van der Waals surface area contributed by atoms with E-state index < -0.39 is 0 Å². The highest BCUT2D eigenvalue weighted by Crippen LogP contribution is 2.31. The standard InChI is InChI=1S/C18H17BrFN.ClH/c19-16-5-1-13(2-6-16)18(15-9-11-21-12-10-15)14-3-7-17(20)8-4-14;/h1-8,21H,9-12H2;1H. The molecule has 1 aliphatic rings. The molecule has 0 amide bonds. The Morgan fingerprint density at radius 3 is 1.91 bits per heavy atom. The summed E-state index contributed by atoms with van der Waals surface area (Å²) in [6.45, 7) is 2.02. The summed E-state index contributed by atoms with van der Waals surface area (Å²) in [6, 6.07) is 15.2. The second kappa shape index (κ2) is 7.91. The molecule has 0 bridgehead atoms. The van der Waals surface area contributed by atoms with E-state index in [2.05, 4.69) is 45.5 Å². The Kier molecular flexibility index (Phi) is 6.18. The van der Waals surface area contributed by atoms with Crippen molar-refractivity contribution in [1.29, 1.82) is 0 Å². The fourth-order valence-corrected chi connectivity index (χ4v) is 3.05. The Hall–Kier alpha value is -1.16. The molecular weight excluding hydrogens is 365 g/mol. The van der Waals surface area contributed by atoms with Gasteiger partial charge in [0.2, 0.25) is 0 Å². The van der Waals surface area contributed by atoms with Crippen LogP contribution >= 0.6 is 28.3 Å². The lowest BCUT2D eigenvalue weighted by Gasteiger charge is -2.21. The quantitative estimate of drug-likeness (QED) is 0.753. The van der Waals surface area contributed by atoms with Crippen molar-refractivity contribution in [2.75, 3.05) is 13.1 Å². The van der Waals surface area contributed by atoms with Crippen molar-refractivity contribution in [2.45, 2.75) is 12.8 Å². The molecular formula is C18H18BrClFN. The fraction of sp³-hybridized carbons (Fsp3) is 0.222. The summed E-state index contributed by atoms with van der Waals surface area (Å²) in [7, 11) is 0. The predicted molar refractivity (Wildman–Crippen MR) is 95.9 cm³/mol. The van der Waals surface area contributed by atoms with Crippen LogP contribution in [-0.2, 0) is 0 Å². The van der Waals surface area contributed by atoms with Crippen molar-refractivity contribution in [1.82, 2.24) is 5.32 Å². The first-order valence-corrected chi connectivity index (χ1v) is 7.98. The summed E-state index contributed by atoms with van der Waals surface area (Å²) in [4.78, 5) is 0. The highest BCUT2D eigenvalue weighted by molar-refractivity contribution is 9.10. The fourth-order valence-electron chi connectivity index (χ4n) is 2.79. The van der Waals surface area contributed by atoms with E-state index >= 15 is 0 Å². The average Bonchev–Trinajstić information content (AvgIpc) is 2.52. The molecule has 2 aromatic rings.